The predicted molar refractivity (Wildman–Crippen MR) is 93.1 cm³/mol. The molecule has 6 heteroatoms. The number of hydrogen-bond acceptors (Lipinski definition) is 4. The van der Waals surface area contributed by atoms with Gasteiger partial charge in [-0.05, 0) is 49.7 Å². The standard InChI is InChI=1S/C18H16ClN5/c19-17-16-14(10-23-6-1-2-7-23)11-24(18(16)22-12-21-17)15-5-3-4-13(8-15)9-20/h3-5,8,11-12H,1-2,6-7,10H2. The van der Waals surface area contributed by atoms with Crippen molar-refractivity contribution in [2.24, 2.45) is 0 Å². The normalized spacial score (nSPS) is 15.0. The summed E-state index contributed by atoms with van der Waals surface area (Å²) >= 11 is 6.37. The van der Waals surface area contributed by atoms with Gasteiger partial charge in [-0.15, -0.1) is 0 Å². The lowest BCUT2D eigenvalue weighted by Crippen LogP contribution is -2.18. The van der Waals surface area contributed by atoms with Gasteiger partial charge in [0.05, 0.1) is 17.0 Å². The van der Waals surface area contributed by atoms with Gasteiger partial charge in [0.1, 0.15) is 17.1 Å². The second-order valence-corrected chi connectivity index (χ2v) is 6.39. The molecule has 5 nitrogen and oxygen atoms in total. The van der Waals surface area contributed by atoms with Gasteiger partial charge in [0.15, 0.2) is 0 Å². The number of hydrogen-bond donors (Lipinski definition) is 0. The van der Waals surface area contributed by atoms with Crippen LogP contribution in [0, 0.1) is 11.3 Å². The Morgan fingerprint density at radius 2 is 2.04 bits per heavy atom. The zero-order valence-corrected chi connectivity index (χ0v) is 13.9. The first-order chi connectivity index (χ1) is 11.8. The molecule has 1 aliphatic heterocycles. The first kappa shape index (κ1) is 15.1. The van der Waals surface area contributed by atoms with Gasteiger partial charge in [-0.3, -0.25) is 4.90 Å². The van der Waals surface area contributed by atoms with E-state index in [-0.39, 0.29) is 0 Å². The fourth-order valence-electron chi connectivity index (χ4n) is 3.32. The minimum absolute atomic E-state index is 0.476. The van der Waals surface area contributed by atoms with E-state index in [2.05, 4.69) is 27.1 Å². The van der Waals surface area contributed by atoms with Crippen molar-refractivity contribution in [2.45, 2.75) is 19.4 Å². The van der Waals surface area contributed by atoms with Crippen LogP contribution in [-0.2, 0) is 6.54 Å². The fraction of sp³-hybridized carbons (Fsp3) is 0.278. The zero-order chi connectivity index (χ0) is 16.5. The quantitative estimate of drug-likeness (QED) is 0.686. The molecule has 1 aromatic carbocycles. The minimum Gasteiger partial charge on any atom is -0.301 e. The van der Waals surface area contributed by atoms with Gasteiger partial charge in [-0.25, -0.2) is 9.97 Å². The summed E-state index contributed by atoms with van der Waals surface area (Å²) in [7, 11) is 0. The topological polar surface area (TPSA) is 57.7 Å². The summed E-state index contributed by atoms with van der Waals surface area (Å²) in [5, 5.41) is 10.5. The van der Waals surface area contributed by atoms with Crippen LogP contribution in [0.2, 0.25) is 5.15 Å². The van der Waals surface area contributed by atoms with Gasteiger partial charge in [-0.1, -0.05) is 17.7 Å². The highest BCUT2D eigenvalue weighted by Gasteiger charge is 2.19. The third-order valence-corrected chi connectivity index (χ3v) is 4.75. The maximum absolute atomic E-state index is 9.15. The SMILES string of the molecule is N#Cc1cccc(-n2cc(CN3CCCC3)c3c(Cl)ncnc32)c1. The average Bonchev–Trinajstić information content (AvgIpc) is 3.24. The lowest BCUT2D eigenvalue weighted by molar-refractivity contribution is 0.332. The van der Waals surface area contributed by atoms with Crippen molar-refractivity contribution in [3.8, 4) is 11.8 Å². The van der Waals surface area contributed by atoms with Gasteiger partial charge in [0.2, 0.25) is 0 Å². The Hall–Kier alpha value is -2.42. The Labute approximate surface area is 145 Å². The molecule has 0 N–H and O–H groups in total. The summed E-state index contributed by atoms with van der Waals surface area (Å²) in [6, 6.07) is 9.68. The molecule has 0 atom stereocenters. The van der Waals surface area contributed by atoms with Crippen LogP contribution in [0.5, 0.6) is 0 Å². The highest BCUT2D eigenvalue weighted by molar-refractivity contribution is 6.34. The average molecular weight is 338 g/mol. The molecule has 0 unspecified atom stereocenters. The van der Waals surface area contributed by atoms with E-state index >= 15 is 0 Å². The number of nitriles is 1. The number of rotatable bonds is 3. The number of aromatic nitrogens is 3. The van der Waals surface area contributed by atoms with E-state index in [1.165, 1.54) is 19.2 Å². The van der Waals surface area contributed by atoms with E-state index in [1.54, 1.807) is 6.07 Å². The van der Waals surface area contributed by atoms with E-state index in [9.17, 15) is 0 Å². The Bertz CT molecular complexity index is 934. The lowest BCUT2D eigenvalue weighted by Gasteiger charge is -2.13. The van der Waals surface area contributed by atoms with Crippen molar-refractivity contribution in [1.82, 2.24) is 19.4 Å². The number of halogens is 1. The molecule has 1 aliphatic rings. The van der Waals surface area contributed by atoms with Gasteiger partial charge < -0.3 is 4.57 Å². The largest absolute Gasteiger partial charge is 0.301 e. The Balaban J connectivity index is 1.86. The highest BCUT2D eigenvalue weighted by Crippen LogP contribution is 2.29. The molecule has 0 amide bonds. The van der Waals surface area contributed by atoms with Crippen LogP contribution >= 0.6 is 11.6 Å². The number of benzene rings is 1. The smallest absolute Gasteiger partial charge is 0.149 e. The number of nitrogens with zero attached hydrogens (tertiary/aromatic N) is 5. The van der Waals surface area contributed by atoms with Crippen LogP contribution in [0.15, 0.2) is 36.8 Å². The third kappa shape index (κ3) is 2.64. The third-order valence-electron chi connectivity index (χ3n) is 4.46. The lowest BCUT2D eigenvalue weighted by atomic mass is 10.2. The fourth-order valence-corrected chi connectivity index (χ4v) is 3.57. The van der Waals surface area contributed by atoms with Crippen molar-refractivity contribution in [3.63, 3.8) is 0 Å². The van der Waals surface area contributed by atoms with E-state index in [0.717, 1.165) is 41.9 Å². The highest BCUT2D eigenvalue weighted by atomic mass is 35.5. The van der Waals surface area contributed by atoms with Crippen LogP contribution in [-0.4, -0.2) is 32.5 Å². The van der Waals surface area contributed by atoms with Gasteiger partial charge in [-0.2, -0.15) is 5.26 Å². The molecule has 3 aromatic rings. The molecule has 1 saturated heterocycles. The molecule has 3 heterocycles. The summed E-state index contributed by atoms with van der Waals surface area (Å²) < 4.78 is 2.00. The molecule has 0 saturated carbocycles. The Kier molecular flexibility index (Phi) is 3.93. The number of likely N-dealkylation sites (tertiary alicyclic amines) is 1. The molecule has 4 rings (SSSR count). The molecular formula is C18H16ClN5. The minimum atomic E-state index is 0.476. The summed E-state index contributed by atoms with van der Waals surface area (Å²) in [5.41, 5.74) is 3.43. The van der Waals surface area contributed by atoms with Gasteiger partial charge in [0.25, 0.3) is 0 Å². The summed E-state index contributed by atoms with van der Waals surface area (Å²) in [6.07, 6.45) is 6.04. The van der Waals surface area contributed by atoms with Crippen LogP contribution in [0.4, 0.5) is 0 Å². The zero-order valence-electron chi connectivity index (χ0n) is 13.1. The van der Waals surface area contributed by atoms with Crippen LogP contribution in [0.25, 0.3) is 16.7 Å². The first-order valence-electron chi connectivity index (χ1n) is 7.99. The Morgan fingerprint density at radius 3 is 2.83 bits per heavy atom. The molecule has 0 radical (unpaired) electrons. The first-order valence-corrected chi connectivity index (χ1v) is 8.37. The summed E-state index contributed by atoms with van der Waals surface area (Å²) in [6.45, 7) is 3.07. The number of fused-ring (bicyclic) bond motifs is 1. The van der Waals surface area contributed by atoms with Gasteiger partial charge >= 0.3 is 0 Å². The Morgan fingerprint density at radius 1 is 1.21 bits per heavy atom. The van der Waals surface area contributed by atoms with Crippen molar-refractivity contribution in [3.05, 3.63) is 53.1 Å². The molecule has 0 bridgehead atoms. The predicted octanol–water partition coefficient (Wildman–Crippen LogP) is 3.54. The van der Waals surface area contributed by atoms with Crippen molar-refractivity contribution in [2.75, 3.05) is 13.1 Å². The summed E-state index contributed by atoms with van der Waals surface area (Å²) in [5.74, 6) is 0. The van der Waals surface area contributed by atoms with Crippen molar-refractivity contribution in [1.29, 1.82) is 5.26 Å². The van der Waals surface area contributed by atoms with Crippen molar-refractivity contribution >= 4 is 22.6 Å². The maximum atomic E-state index is 9.15. The van der Waals surface area contributed by atoms with E-state index in [0.29, 0.717) is 10.7 Å². The molecule has 0 aliphatic carbocycles. The molecule has 1 fully saturated rings. The van der Waals surface area contributed by atoms with Gasteiger partial charge in [0, 0.05) is 18.4 Å². The molecule has 24 heavy (non-hydrogen) atoms. The molecule has 120 valence electrons. The molecule has 2 aromatic heterocycles. The van der Waals surface area contributed by atoms with Crippen LogP contribution in [0.3, 0.4) is 0 Å². The van der Waals surface area contributed by atoms with E-state index in [4.69, 9.17) is 16.9 Å². The second-order valence-electron chi connectivity index (χ2n) is 6.03. The monoisotopic (exact) mass is 337 g/mol. The second kappa shape index (κ2) is 6.23. The van der Waals surface area contributed by atoms with Crippen LogP contribution < -0.4 is 0 Å². The maximum Gasteiger partial charge on any atom is 0.149 e. The van der Waals surface area contributed by atoms with E-state index < -0.39 is 0 Å². The summed E-state index contributed by atoms with van der Waals surface area (Å²) in [4.78, 5) is 11.0. The molecule has 0 spiro atoms. The van der Waals surface area contributed by atoms with E-state index in [1.807, 2.05) is 22.8 Å². The van der Waals surface area contributed by atoms with Crippen LogP contribution in [0.1, 0.15) is 24.0 Å². The van der Waals surface area contributed by atoms with Crippen molar-refractivity contribution < 1.29 is 0 Å². The molecular weight excluding hydrogens is 322 g/mol.